The van der Waals surface area contributed by atoms with Crippen molar-refractivity contribution in [3.63, 3.8) is 0 Å². The van der Waals surface area contributed by atoms with Gasteiger partial charge in [-0.15, -0.1) is 3.89 Å². The Morgan fingerprint density at radius 1 is 1.44 bits per heavy atom. The van der Waals surface area contributed by atoms with Crippen LogP contribution in [0.5, 0.6) is 5.75 Å². The lowest BCUT2D eigenvalue weighted by Crippen LogP contribution is -2.05. The van der Waals surface area contributed by atoms with Crippen LogP contribution in [0.15, 0.2) is 18.2 Å². The maximum atomic E-state index is 12.1. The topological polar surface area (TPSA) is 43.4 Å². The van der Waals surface area contributed by atoms with E-state index in [0.29, 0.717) is 10.8 Å². The average molecular weight is 267 g/mol. The lowest BCUT2D eigenvalue weighted by Gasteiger charge is -2.06. The van der Waals surface area contributed by atoms with Gasteiger partial charge >= 0.3 is 10.2 Å². The average Bonchev–Trinajstić information content (AvgIpc) is 2.17. The summed E-state index contributed by atoms with van der Waals surface area (Å²) in [6.45, 7) is 1.99. The highest BCUT2D eigenvalue weighted by Gasteiger charge is 2.06. The zero-order valence-electron chi connectivity index (χ0n) is 8.74. The summed E-state index contributed by atoms with van der Waals surface area (Å²) in [4.78, 5) is 0. The molecule has 0 bridgehead atoms. The Morgan fingerprint density at radius 3 is 2.69 bits per heavy atom. The van der Waals surface area contributed by atoms with Gasteiger partial charge in [-0.25, -0.2) is 0 Å². The molecule has 0 fully saturated rings. The quantitative estimate of drug-likeness (QED) is 0.608. The highest BCUT2D eigenvalue weighted by molar-refractivity contribution is 7.86. The molecule has 1 aromatic rings. The van der Waals surface area contributed by atoms with Crippen LogP contribution in [0.1, 0.15) is 12.0 Å². The molecule has 0 radical (unpaired) electrons. The predicted molar refractivity (Wildman–Crippen MR) is 61.2 cm³/mol. The van der Waals surface area contributed by atoms with Gasteiger partial charge < -0.3 is 4.74 Å². The van der Waals surface area contributed by atoms with Crippen molar-refractivity contribution in [2.45, 2.75) is 13.3 Å². The fraction of sp³-hybridized carbons (Fsp3) is 0.400. The Kier molecular flexibility index (Phi) is 4.56. The van der Waals surface area contributed by atoms with E-state index in [1.54, 1.807) is 18.2 Å². The fourth-order valence-corrected chi connectivity index (χ4v) is 1.71. The molecule has 0 saturated carbocycles. The van der Waals surface area contributed by atoms with Crippen molar-refractivity contribution in [3.05, 3.63) is 28.8 Å². The van der Waals surface area contributed by atoms with Gasteiger partial charge in [-0.05, 0) is 37.1 Å². The first-order valence-electron chi connectivity index (χ1n) is 4.70. The summed E-state index contributed by atoms with van der Waals surface area (Å²) in [6, 6.07) is 5.11. The molecule has 90 valence electrons. The van der Waals surface area contributed by atoms with Crippen molar-refractivity contribution in [2.24, 2.45) is 0 Å². The monoisotopic (exact) mass is 266 g/mol. The molecule has 0 aliphatic rings. The second-order valence-corrected chi connectivity index (χ2v) is 5.25. The molecule has 0 aromatic heterocycles. The van der Waals surface area contributed by atoms with Crippen LogP contribution in [0.2, 0.25) is 5.02 Å². The zero-order chi connectivity index (χ0) is 12.2. The van der Waals surface area contributed by atoms with Gasteiger partial charge in [0.1, 0.15) is 5.75 Å². The molecule has 0 amide bonds. The lowest BCUT2D eigenvalue weighted by molar-refractivity contribution is 0.317. The van der Waals surface area contributed by atoms with Crippen LogP contribution < -0.4 is 4.74 Å². The molecule has 0 atom stereocenters. The number of rotatable bonds is 5. The van der Waals surface area contributed by atoms with Crippen molar-refractivity contribution in [1.29, 1.82) is 0 Å². The minimum absolute atomic E-state index is 0.126. The molecular weight excluding hydrogens is 255 g/mol. The Morgan fingerprint density at radius 2 is 2.12 bits per heavy atom. The van der Waals surface area contributed by atoms with Crippen LogP contribution in [0, 0.1) is 6.92 Å². The minimum atomic E-state index is -4.39. The summed E-state index contributed by atoms with van der Waals surface area (Å²) in [5.41, 5.74) is 0.872. The predicted octanol–water partition coefficient (Wildman–Crippen LogP) is 2.72. The van der Waals surface area contributed by atoms with Crippen LogP contribution in [-0.2, 0) is 10.2 Å². The summed E-state index contributed by atoms with van der Waals surface area (Å²) in [5.74, 6) is 0.0812. The van der Waals surface area contributed by atoms with Crippen molar-refractivity contribution in [3.8, 4) is 5.75 Å². The molecule has 0 aliphatic carbocycles. The first-order chi connectivity index (χ1) is 7.38. The van der Waals surface area contributed by atoms with Crippen LogP contribution in [0.25, 0.3) is 0 Å². The first kappa shape index (κ1) is 13.3. The van der Waals surface area contributed by atoms with E-state index >= 15 is 0 Å². The molecule has 1 rings (SSSR count). The molecule has 0 N–H and O–H groups in total. The summed E-state index contributed by atoms with van der Waals surface area (Å²) >= 11 is 5.82. The standard InChI is InChI=1S/C10H12ClFO3S/c1-8-7-9(3-4-10(8)11)15-5-2-6-16(12,13)14/h3-4,7H,2,5-6H2,1H3. The number of aryl methyl sites for hydroxylation is 1. The van der Waals surface area contributed by atoms with Gasteiger partial charge in [-0.1, -0.05) is 11.6 Å². The minimum Gasteiger partial charge on any atom is -0.494 e. The Labute approximate surface area is 99.4 Å². The van der Waals surface area contributed by atoms with Gasteiger partial charge in [0.05, 0.1) is 12.4 Å². The molecule has 0 saturated heterocycles. The zero-order valence-corrected chi connectivity index (χ0v) is 10.3. The number of halogens is 2. The Bertz CT molecular complexity index is 459. The second-order valence-electron chi connectivity index (χ2n) is 3.36. The molecule has 1 aromatic carbocycles. The highest BCUT2D eigenvalue weighted by Crippen LogP contribution is 2.21. The van der Waals surface area contributed by atoms with Crippen molar-refractivity contribution in [1.82, 2.24) is 0 Å². The van der Waals surface area contributed by atoms with E-state index in [1.807, 2.05) is 6.92 Å². The van der Waals surface area contributed by atoms with E-state index in [1.165, 1.54) is 0 Å². The molecule has 0 unspecified atom stereocenters. The molecule has 0 heterocycles. The molecule has 16 heavy (non-hydrogen) atoms. The van der Waals surface area contributed by atoms with Gasteiger partial charge in [0.2, 0.25) is 0 Å². The molecular formula is C10H12ClFO3S. The highest BCUT2D eigenvalue weighted by atomic mass is 35.5. The molecule has 0 aliphatic heterocycles. The Balaban J connectivity index is 2.41. The normalized spacial score (nSPS) is 11.4. The van der Waals surface area contributed by atoms with E-state index in [9.17, 15) is 12.3 Å². The number of ether oxygens (including phenoxy) is 1. The van der Waals surface area contributed by atoms with E-state index in [-0.39, 0.29) is 13.0 Å². The third kappa shape index (κ3) is 4.81. The third-order valence-electron chi connectivity index (χ3n) is 1.93. The first-order valence-corrected chi connectivity index (χ1v) is 6.63. The van der Waals surface area contributed by atoms with Gasteiger partial charge in [-0.2, -0.15) is 8.42 Å². The van der Waals surface area contributed by atoms with E-state index in [0.717, 1.165) is 5.56 Å². The summed E-state index contributed by atoms with van der Waals surface area (Å²) in [6.07, 6.45) is 0.126. The molecule has 6 heteroatoms. The number of benzene rings is 1. The van der Waals surface area contributed by atoms with Gasteiger partial charge in [0.25, 0.3) is 0 Å². The fourth-order valence-electron chi connectivity index (χ4n) is 1.13. The number of hydrogen-bond acceptors (Lipinski definition) is 3. The van der Waals surface area contributed by atoms with Crippen LogP contribution >= 0.6 is 11.6 Å². The largest absolute Gasteiger partial charge is 0.494 e. The maximum absolute atomic E-state index is 12.1. The molecule has 3 nitrogen and oxygen atoms in total. The van der Waals surface area contributed by atoms with Crippen LogP contribution in [0.4, 0.5) is 3.89 Å². The third-order valence-corrected chi connectivity index (χ3v) is 3.13. The summed E-state index contributed by atoms with van der Waals surface area (Å²) < 4.78 is 37.8. The van der Waals surface area contributed by atoms with E-state index in [2.05, 4.69) is 0 Å². The van der Waals surface area contributed by atoms with Gasteiger partial charge in [0, 0.05) is 5.02 Å². The maximum Gasteiger partial charge on any atom is 0.302 e. The summed E-state index contributed by atoms with van der Waals surface area (Å²) in [7, 11) is -4.39. The van der Waals surface area contributed by atoms with E-state index in [4.69, 9.17) is 16.3 Å². The van der Waals surface area contributed by atoms with Gasteiger partial charge in [-0.3, -0.25) is 0 Å². The second kappa shape index (κ2) is 5.50. The van der Waals surface area contributed by atoms with Crippen molar-refractivity contribution in [2.75, 3.05) is 12.4 Å². The van der Waals surface area contributed by atoms with Crippen molar-refractivity contribution < 1.29 is 17.0 Å². The van der Waals surface area contributed by atoms with Gasteiger partial charge in [0.15, 0.2) is 0 Å². The summed E-state index contributed by atoms with van der Waals surface area (Å²) in [5, 5.41) is 0.638. The number of hydrogen-bond donors (Lipinski definition) is 0. The SMILES string of the molecule is Cc1cc(OCCCS(=O)(=O)F)ccc1Cl. The van der Waals surface area contributed by atoms with Crippen LogP contribution in [0.3, 0.4) is 0 Å². The molecule has 0 spiro atoms. The van der Waals surface area contributed by atoms with Crippen molar-refractivity contribution >= 4 is 21.8 Å². The smallest absolute Gasteiger partial charge is 0.302 e. The van der Waals surface area contributed by atoms with E-state index < -0.39 is 16.0 Å². The van der Waals surface area contributed by atoms with Crippen LogP contribution in [-0.4, -0.2) is 20.8 Å². The Hall–Kier alpha value is -0.810. The lowest BCUT2D eigenvalue weighted by atomic mass is 10.2.